The number of rotatable bonds is 0. The van der Waals surface area contributed by atoms with Crippen LogP contribution in [-0.2, 0) is 0 Å². The molecule has 0 radical (unpaired) electrons. The van der Waals surface area contributed by atoms with Crippen molar-refractivity contribution in [3.05, 3.63) is 0 Å². The Morgan fingerprint density at radius 2 is 0.333 bits per heavy atom. The van der Waals surface area contributed by atoms with Crippen LogP contribution in [0.25, 0.3) is 0 Å². The zero-order valence-electron chi connectivity index (χ0n) is 11.1. The van der Waals surface area contributed by atoms with Crippen molar-refractivity contribution in [3.8, 4) is 0 Å². The van der Waals surface area contributed by atoms with E-state index in [1.54, 1.807) is 0 Å². The predicted molar refractivity (Wildman–Crippen MR) is 45.6 cm³/mol. The summed E-state index contributed by atoms with van der Waals surface area (Å²) in [5.74, 6) is 0. The average Bonchev–Trinajstić information content (AvgIpc) is 0. The molecule has 0 saturated carbocycles. The summed E-state index contributed by atoms with van der Waals surface area (Å²) >= 11 is 0. The van der Waals surface area contributed by atoms with Crippen LogP contribution in [0.15, 0.2) is 0 Å². The Morgan fingerprint density at radius 1 is 0.333 bits per heavy atom. The molecule has 0 aromatic heterocycles. The van der Waals surface area contributed by atoms with Crippen LogP contribution in [0.2, 0.25) is 0 Å². The molecule has 0 saturated heterocycles. The topological polar surface area (TPSA) is 189 Å². The fourth-order valence-corrected chi connectivity index (χ4v) is 0. The van der Waals surface area contributed by atoms with E-state index in [-0.39, 0.29) is 155 Å². The average molecular weight is 234 g/mol. The number of hydrogen-bond donors (Lipinski definition) is 0. The van der Waals surface area contributed by atoms with E-state index in [0.29, 0.717) is 0 Å². The molecule has 0 heterocycles. The Bertz CT molecular complexity index is 22.8. The van der Waals surface area contributed by atoms with Crippen LogP contribution in [0.4, 0.5) is 0 Å². The maximum atomic E-state index is 0. The van der Waals surface area contributed by atoms with Gasteiger partial charge in [0.25, 0.3) is 0 Å². The standard InChI is InChI=1S/3Ca.6H2O.6H/h;;;6*1H2;;;;;;/q3*+2;;;;;;;6*-1. The first-order chi connectivity index (χ1) is 0. The van der Waals surface area contributed by atoms with E-state index < -0.39 is 0 Å². The van der Waals surface area contributed by atoms with E-state index >= 15 is 0 Å². The van der Waals surface area contributed by atoms with Gasteiger partial charge < -0.3 is 41.4 Å². The zero-order chi connectivity index (χ0) is 0. The van der Waals surface area contributed by atoms with Crippen LogP contribution in [0, 0.1) is 0 Å². The van der Waals surface area contributed by atoms with E-state index in [1.165, 1.54) is 0 Å². The summed E-state index contributed by atoms with van der Waals surface area (Å²) in [5, 5.41) is 0. The van der Waals surface area contributed by atoms with Gasteiger partial charge in [-0.1, -0.05) is 0 Å². The molecule has 0 aliphatic rings. The van der Waals surface area contributed by atoms with Crippen molar-refractivity contribution in [2.24, 2.45) is 0 Å². The summed E-state index contributed by atoms with van der Waals surface area (Å²) in [6.45, 7) is 0. The fraction of sp³-hybridized carbons (Fsp3) is 0. The molecule has 0 bridgehead atoms. The van der Waals surface area contributed by atoms with Gasteiger partial charge in [0.15, 0.2) is 0 Å². The van der Waals surface area contributed by atoms with Crippen LogP contribution in [0.3, 0.4) is 0 Å². The molecular weight excluding hydrogens is 216 g/mol. The smallest absolute Gasteiger partial charge is 1.00 e. The third-order valence-corrected chi connectivity index (χ3v) is 0. The molecule has 0 unspecified atom stereocenters. The zero-order valence-corrected chi connectivity index (χ0v) is 11.7. The maximum absolute atomic E-state index is 0. The van der Waals surface area contributed by atoms with Crippen LogP contribution in [0.5, 0.6) is 0 Å². The van der Waals surface area contributed by atoms with Crippen molar-refractivity contribution >= 4 is 113 Å². The molecule has 0 aliphatic carbocycles. The molecule has 0 atom stereocenters. The van der Waals surface area contributed by atoms with E-state index in [4.69, 9.17) is 0 Å². The summed E-state index contributed by atoms with van der Waals surface area (Å²) < 4.78 is 0. The quantitative estimate of drug-likeness (QED) is 0.362. The van der Waals surface area contributed by atoms with Gasteiger partial charge in [0.05, 0.1) is 0 Å². The molecule has 0 aromatic rings. The second-order valence-corrected chi connectivity index (χ2v) is 0. The molecule has 0 spiro atoms. The summed E-state index contributed by atoms with van der Waals surface area (Å²) in [6, 6.07) is 0. The second kappa shape index (κ2) is 102. The minimum absolute atomic E-state index is 0. The van der Waals surface area contributed by atoms with Crippen molar-refractivity contribution in [2.75, 3.05) is 0 Å². The van der Waals surface area contributed by atoms with E-state index in [9.17, 15) is 0 Å². The largest absolute Gasteiger partial charge is 2.00 e. The van der Waals surface area contributed by atoms with Crippen molar-refractivity contribution in [3.63, 3.8) is 0 Å². The van der Waals surface area contributed by atoms with Crippen LogP contribution >= 0.6 is 0 Å². The molecule has 0 fully saturated rings. The molecule has 0 amide bonds. The number of hydrogen-bond acceptors (Lipinski definition) is 0. The van der Waals surface area contributed by atoms with Gasteiger partial charge in [0.1, 0.15) is 0 Å². The van der Waals surface area contributed by atoms with E-state index in [1.807, 2.05) is 0 Å². The Balaban J connectivity index is 0. The molecule has 0 aliphatic heterocycles. The van der Waals surface area contributed by atoms with Gasteiger partial charge in [-0.15, -0.1) is 0 Å². The van der Waals surface area contributed by atoms with Crippen molar-refractivity contribution in [2.45, 2.75) is 0 Å². The first kappa shape index (κ1) is 133. The summed E-state index contributed by atoms with van der Waals surface area (Å²) in [7, 11) is 0. The minimum Gasteiger partial charge on any atom is -1.00 e. The van der Waals surface area contributed by atoms with Gasteiger partial charge >= 0.3 is 113 Å². The van der Waals surface area contributed by atoms with Crippen LogP contribution in [-0.4, -0.2) is 146 Å². The SMILES string of the molecule is O.O.O.O.O.O.[Ca+2].[Ca+2].[Ca+2].[H-].[H-].[H-].[H-].[H-].[H-]. The second-order valence-electron chi connectivity index (χ2n) is 0. The van der Waals surface area contributed by atoms with E-state index in [0.717, 1.165) is 0 Å². The Kier molecular flexibility index (Phi) is 1520. The van der Waals surface area contributed by atoms with Crippen molar-refractivity contribution < 1.29 is 41.4 Å². The van der Waals surface area contributed by atoms with Gasteiger partial charge in [-0.25, -0.2) is 0 Å². The Labute approximate surface area is 152 Å². The van der Waals surface area contributed by atoms with Crippen LogP contribution < -0.4 is 0 Å². The third-order valence-electron chi connectivity index (χ3n) is 0. The monoisotopic (exact) mass is 234 g/mol. The van der Waals surface area contributed by atoms with Gasteiger partial charge in [0.2, 0.25) is 0 Å². The van der Waals surface area contributed by atoms with Crippen LogP contribution in [0.1, 0.15) is 8.56 Å². The minimum atomic E-state index is 0. The van der Waals surface area contributed by atoms with E-state index in [2.05, 4.69) is 0 Å². The molecule has 0 rings (SSSR count). The Hall–Kier alpha value is 3.54. The first-order valence-corrected chi connectivity index (χ1v) is 0. The molecule has 12 N–H and O–H groups in total. The van der Waals surface area contributed by atoms with Gasteiger partial charge in [-0.3, -0.25) is 0 Å². The molecule has 0 aromatic carbocycles. The molecule has 60 valence electrons. The normalized spacial score (nSPS) is 0. The molecule has 9 heavy (non-hydrogen) atoms. The molecule has 6 nitrogen and oxygen atoms in total. The predicted octanol–water partition coefficient (Wildman–Crippen LogP) is -5.42. The first-order valence-electron chi connectivity index (χ1n) is 0. The maximum Gasteiger partial charge on any atom is 2.00 e. The van der Waals surface area contributed by atoms with Crippen molar-refractivity contribution in [1.29, 1.82) is 0 Å². The van der Waals surface area contributed by atoms with Gasteiger partial charge in [-0.2, -0.15) is 0 Å². The van der Waals surface area contributed by atoms with Crippen molar-refractivity contribution in [1.82, 2.24) is 0 Å². The Morgan fingerprint density at radius 3 is 0.333 bits per heavy atom. The third kappa shape index (κ3) is 83.8. The summed E-state index contributed by atoms with van der Waals surface area (Å²) in [5.41, 5.74) is 0. The van der Waals surface area contributed by atoms with Gasteiger partial charge in [0, 0.05) is 0 Å². The summed E-state index contributed by atoms with van der Waals surface area (Å²) in [4.78, 5) is 0. The van der Waals surface area contributed by atoms with Gasteiger partial charge in [-0.05, 0) is 0 Å². The fourth-order valence-electron chi connectivity index (χ4n) is 0. The molecular formula is H18Ca3O6. The summed E-state index contributed by atoms with van der Waals surface area (Å²) in [6.07, 6.45) is 0. The molecule has 9 heteroatoms.